The van der Waals surface area contributed by atoms with E-state index in [4.69, 9.17) is 4.74 Å². The number of para-hydroxylation sites is 1. The molecule has 0 fully saturated rings. The molecule has 5 heteroatoms. The molecule has 0 aliphatic carbocycles. The van der Waals surface area contributed by atoms with Crippen LogP contribution in [-0.4, -0.2) is 27.6 Å². The van der Waals surface area contributed by atoms with Crippen molar-refractivity contribution in [3.63, 3.8) is 0 Å². The number of ether oxygens (including phenoxy) is 1. The average molecular weight is 303 g/mol. The van der Waals surface area contributed by atoms with E-state index < -0.39 is 0 Å². The van der Waals surface area contributed by atoms with Crippen molar-refractivity contribution in [3.05, 3.63) is 24.3 Å². The number of fused-ring (bicyclic) bond motifs is 1. The minimum absolute atomic E-state index is 0.159. The molecule has 2 aromatic rings. The van der Waals surface area contributed by atoms with E-state index in [1.54, 1.807) is 4.68 Å². The van der Waals surface area contributed by atoms with E-state index in [2.05, 4.69) is 17.2 Å². The molecular weight excluding hydrogens is 278 g/mol. The van der Waals surface area contributed by atoms with Gasteiger partial charge in [0.1, 0.15) is 5.52 Å². The largest absolute Gasteiger partial charge is 0.466 e. The van der Waals surface area contributed by atoms with E-state index in [9.17, 15) is 4.79 Å². The molecule has 0 saturated carbocycles. The molecule has 1 aromatic heterocycles. The summed E-state index contributed by atoms with van der Waals surface area (Å²) in [6.45, 7) is 3.25. The molecule has 0 atom stereocenters. The van der Waals surface area contributed by atoms with Crippen LogP contribution in [0.4, 0.5) is 0 Å². The second-order valence-corrected chi connectivity index (χ2v) is 5.54. The first-order valence-corrected chi connectivity index (χ1v) is 8.25. The molecule has 0 N–H and O–H groups in total. The first-order valence-electron chi connectivity index (χ1n) is 8.25. The Morgan fingerprint density at radius 3 is 2.77 bits per heavy atom. The topological polar surface area (TPSA) is 57.0 Å². The monoisotopic (exact) mass is 303 g/mol. The summed E-state index contributed by atoms with van der Waals surface area (Å²) in [6.07, 6.45) is 7.50. The molecule has 0 unspecified atom stereocenters. The van der Waals surface area contributed by atoms with Crippen LogP contribution in [-0.2, 0) is 16.1 Å². The second kappa shape index (κ2) is 9.18. The maximum Gasteiger partial charge on any atom is 0.307 e. The number of carbonyl (C=O) groups is 1. The van der Waals surface area contributed by atoms with Crippen LogP contribution in [0.15, 0.2) is 24.3 Å². The van der Waals surface area contributed by atoms with Crippen molar-refractivity contribution in [1.82, 2.24) is 15.0 Å². The molecule has 0 aliphatic rings. The van der Waals surface area contributed by atoms with Crippen molar-refractivity contribution in [2.75, 3.05) is 6.61 Å². The lowest BCUT2D eigenvalue weighted by Gasteiger charge is -2.05. The Balaban J connectivity index is 1.62. The van der Waals surface area contributed by atoms with Gasteiger partial charge >= 0.3 is 5.97 Å². The summed E-state index contributed by atoms with van der Waals surface area (Å²) in [4.78, 5) is 11.7. The molecule has 0 aliphatic heterocycles. The Morgan fingerprint density at radius 1 is 1.14 bits per heavy atom. The maximum absolute atomic E-state index is 11.7. The van der Waals surface area contributed by atoms with Crippen LogP contribution >= 0.6 is 0 Å². The van der Waals surface area contributed by atoms with Gasteiger partial charge in [-0.05, 0) is 18.6 Å². The number of benzene rings is 1. The first-order chi connectivity index (χ1) is 10.8. The zero-order valence-corrected chi connectivity index (χ0v) is 13.3. The number of esters is 1. The van der Waals surface area contributed by atoms with Gasteiger partial charge in [0.05, 0.1) is 25.1 Å². The lowest BCUT2D eigenvalue weighted by molar-refractivity contribution is -0.144. The molecule has 0 spiro atoms. The number of hydrogen-bond acceptors (Lipinski definition) is 4. The highest BCUT2D eigenvalue weighted by molar-refractivity contribution is 5.74. The van der Waals surface area contributed by atoms with Gasteiger partial charge in [0.25, 0.3) is 0 Å². The van der Waals surface area contributed by atoms with Crippen molar-refractivity contribution in [1.29, 1.82) is 0 Å². The van der Waals surface area contributed by atoms with Crippen molar-refractivity contribution in [2.45, 2.75) is 58.4 Å². The van der Waals surface area contributed by atoms with E-state index in [0.29, 0.717) is 19.6 Å². The third-order valence-corrected chi connectivity index (χ3v) is 3.71. The Morgan fingerprint density at radius 2 is 1.91 bits per heavy atom. The summed E-state index contributed by atoms with van der Waals surface area (Å²) >= 11 is 0. The van der Waals surface area contributed by atoms with Crippen LogP contribution in [0, 0.1) is 0 Å². The lowest BCUT2D eigenvalue weighted by atomic mass is 10.1. The molecule has 1 aromatic carbocycles. The van der Waals surface area contributed by atoms with Gasteiger partial charge in [0.2, 0.25) is 0 Å². The SMILES string of the molecule is CCCCCCCCOC(=O)CCn1nnc2ccccc21. The van der Waals surface area contributed by atoms with Gasteiger partial charge in [-0.25, -0.2) is 4.68 Å². The minimum atomic E-state index is -0.159. The normalized spacial score (nSPS) is 11.0. The maximum atomic E-state index is 11.7. The molecule has 0 amide bonds. The van der Waals surface area contributed by atoms with Crippen molar-refractivity contribution >= 4 is 17.0 Å². The molecule has 0 bridgehead atoms. The van der Waals surface area contributed by atoms with Crippen LogP contribution in [0.25, 0.3) is 11.0 Å². The number of unbranched alkanes of at least 4 members (excludes halogenated alkanes) is 5. The average Bonchev–Trinajstić information content (AvgIpc) is 2.95. The van der Waals surface area contributed by atoms with Gasteiger partial charge in [-0.15, -0.1) is 5.10 Å². The molecule has 22 heavy (non-hydrogen) atoms. The number of rotatable bonds is 10. The quantitative estimate of drug-likeness (QED) is 0.496. The highest BCUT2D eigenvalue weighted by Gasteiger charge is 2.07. The van der Waals surface area contributed by atoms with E-state index in [1.807, 2.05) is 24.3 Å². The summed E-state index contributed by atoms with van der Waals surface area (Å²) in [5, 5.41) is 8.13. The molecule has 2 rings (SSSR count). The standard InChI is InChI=1S/C17H25N3O2/c1-2-3-4-5-6-9-14-22-17(21)12-13-20-16-11-8-7-10-15(16)18-19-20/h7-8,10-11H,2-6,9,12-14H2,1H3. The Hall–Kier alpha value is -1.91. The fraction of sp³-hybridized carbons (Fsp3) is 0.588. The lowest BCUT2D eigenvalue weighted by Crippen LogP contribution is -2.11. The molecule has 0 radical (unpaired) electrons. The van der Waals surface area contributed by atoms with E-state index >= 15 is 0 Å². The molecule has 120 valence electrons. The van der Waals surface area contributed by atoms with E-state index in [1.165, 1.54) is 25.7 Å². The summed E-state index contributed by atoms with van der Waals surface area (Å²) in [7, 11) is 0. The van der Waals surface area contributed by atoms with Gasteiger partial charge in [-0.1, -0.05) is 56.4 Å². The third-order valence-electron chi connectivity index (χ3n) is 3.71. The van der Waals surface area contributed by atoms with Crippen LogP contribution in [0.5, 0.6) is 0 Å². The third kappa shape index (κ3) is 5.13. The summed E-state index contributed by atoms with van der Waals surface area (Å²) in [5.41, 5.74) is 1.80. The van der Waals surface area contributed by atoms with Gasteiger partial charge in [0, 0.05) is 0 Å². The van der Waals surface area contributed by atoms with Crippen molar-refractivity contribution in [2.24, 2.45) is 0 Å². The number of carbonyl (C=O) groups excluding carboxylic acids is 1. The Kier molecular flexibility index (Phi) is 6.87. The Labute approximate surface area is 131 Å². The van der Waals surface area contributed by atoms with Crippen molar-refractivity contribution < 1.29 is 9.53 Å². The predicted octanol–water partition coefficient (Wildman–Crippen LogP) is 3.73. The number of nitrogens with zero attached hydrogens (tertiary/aromatic N) is 3. The van der Waals surface area contributed by atoms with E-state index in [-0.39, 0.29) is 5.97 Å². The fourth-order valence-corrected chi connectivity index (χ4v) is 2.42. The number of aryl methyl sites for hydroxylation is 1. The van der Waals surface area contributed by atoms with Crippen molar-refractivity contribution in [3.8, 4) is 0 Å². The predicted molar refractivity (Wildman–Crippen MR) is 86.5 cm³/mol. The zero-order chi connectivity index (χ0) is 15.6. The van der Waals surface area contributed by atoms with Gasteiger partial charge in [0.15, 0.2) is 0 Å². The van der Waals surface area contributed by atoms with Crippen LogP contribution in [0.3, 0.4) is 0 Å². The number of aromatic nitrogens is 3. The first kappa shape index (κ1) is 16.5. The summed E-state index contributed by atoms with van der Waals surface area (Å²) < 4.78 is 7.01. The van der Waals surface area contributed by atoms with Crippen LogP contribution in [0.1, 0.15) is 51.9 Å². The van der Waals surface area contributed by atoms with Crippen LogP contribution in [0.2, 0.25) is 0 Å². The second-order valence-electron chi connectivity index (χ2n) is 5.54. The molecular formula is C17H25N3O2. The molecule has 5 nitrogen and oxygen atoms in total. The van der Waals surface area contributed by atoms with Gasteiger partial charge in [-0.2, -0.15) is 0 Å². The van der Waals surface area contributed by atoms with Gasteiger partial charge < -0.3 is 4.74 Å². The smallest absolute Gasteiger partial charge is 0.307 e. The fourth-order valence-electron chi connectivity index (χ4n) is 2.42. The molecule has 0 saturated heterocycles. The summed E-state index contributed by atoms with van der Waals surface area (Å²) in [6, 6.07) is 7.74. The zero-order valence-electron chi connectivity index (χ0n) is 13.3. The number of hydrogen-bond donors (Lipinski definition) is 0. The van der Waals surface area contributed by atoms with Gasteiger partial charge in [-0.3, -0.25) is 4.79 Å². The van der Waals surface area contributed by atoms with E-state index in [0.717, 1.165) is 23.9 Å². The highest BCUT2D eigenvalue weighted by Crippen LogP contribution is 2.10. The minimum Gasteiger partial charge on any atom is -0.466 e. The van der Waals surface area contributed by atoms with Crippen LogP contribution < -0.4 is 0 Å². The Bertz CT molecular complexity index is 580. The molecule has 1 heterocycles. The summed E-state index contributed by atoms with van der Waals surface area (Å²) in [5.74, 6) is -0.159. The highest BCUT2D eigenvalue weighted by atomic mass is 16.5.